The first-order valence-electron chi connectivity index (χ1n) is 7.92. The van der Waals surface area contributed by atoms with Gasteiger partial charge in [-0.15, -0.1) is 0 Å². The maximum Gasteiger partial charge on any atom is 0.261 e. The monoisotopic (exact) mass is 321 g/mol. The van der Waals surface area contributed by atoms with Gasteiger partial charge in [-0.3, -0.25) is 14.2 Å². The summed E-state index contributed by atoms with van der Waals surface area (Å²) in [5.41, 5.74) is 1.29. The Kier molecular flexibility index (Phi) is 4.42. The van der Waals surface area contributed by atoms with Crippen molar-refractivity contribution in [2.24, 2.45) is 0 Å². The van der Waals surface area contributed by atoms with Crippen molar-refractivity contribution in [1.29, 1.82) is 0 Å². The van der Waals surface area contributed by atoms with Gasteiger partial charge in [-0.25, -0.2) is 4.98 Å². The molecular formula is C19H19N3O2. The van der Waals surface area contributed by atoms with E-state index >= 15 is 0 Å². The van der Waals surface area contributed by atoms with Crippen LogP contribution in [0, 0.1) is 0 Å². The minimum absolute atomic E-state index is 0.0226. The zero-order chi connectivity index (χ0) is 17.1. The normalized spacial score (nSPS) is 10.8. The van der Waals surface area contributed by atoms with Gasteiger partial charge in [0.2, 0.25) is 5.91 Å². The lowest BCUT2D eigenvalue weighted by atomic mass is 10.2. The highest BCUT2D eigenvalue weighted by atomic mass is 16.2. The largest absolute Gasteiger partial charge is 0.314 e. The lowest BCUT2D eigenvalue weighted by molar-refractivity contribution is -0.119. The van der Waals surface area contributed by atoms with Gasteiger partial charge in [0.05, 0.1) is 10.9 Å². The first kappa shape index (κ1) is 15.9. The van der Waals surface area contributed by atoms with Crippen molar-refractivity contribution < 1.29 is 4.79 Å². The summed E-state index contributed by atoms with van der Waals surface area (Å²) in [7, 11) is 1.71. The van der Waals surface area contributed by atoms with E-state index in [4.69, 9.17) is 0 Å². The Morgan fingerprint density at radius 3 is 2.46 bits per heavy atom. The van der Waals surface area contributed by atoms with E-state index in [2.05, 4.69) is 4.98 Å². The van der Waals surface area contributed by atoms with E-state index in [1.165, 1.54) is 4.57 Å². The van der Waals surface area contributed by atoms with E-state index in [1.807, 2.05) is 49.4 Å². The molecule has 0 radical (unpaired) electrons. The third kappa shape index (κ3) is 2.93. The fraction of sp³-hybridized carbons (Fsp3) is 0.211. The lowest BCUT2D eigenvalue weighted by Crippen LogP contribution is -2.35. The number of nitrogens with zero attached hydrogens (tertiary/aromatic N) is 3. The van der Waals surface area contributed by atoms with Crippen molar-refractivity contribution >= 4 is 22.5 Å². The predicted molar refractivity (Wildman–Crippen MR) is 95.2 cm³/mol. The first-order chi connectivity index (χ1) is 11.6. The second-order valence-electron chi connectivity index (χ2n) is 5.58. The number of amides is 1. The molecule has 0 saturated carbocycles. The zero-order valence-electron chi connectivity index (χ0n) is 13.8. The molecule has 0 aliphatic carbocycles. The average molecular weight is 321 g/mol. The van der Waals surface area contributed by atoms with Gasteiger partial charge >= 0.3 is 0 Å². The van der Waals surface area contributed by atoms with E-state index in [0.29, 0.717) is 23.1 Å². The molecule has 3 aromatic rings. The highest BCUT2D eigenvalue weighted by molar-refractivity contribution is 5.92. The quantitative estimate of drug-likeness (QED) is 0.742. The standard InChI is InChI=1S/C19H19N3O2/c1-3-17-20-16-12-8-7-11-15(16)19(24)22(17)13-18(23)21(2)14-9-5-4-6-10-14/h4-12H,3,13H2,1-2H3. The smallest absolute Gasteiger partial charge is 0.261 e. The Labute approximate surface area is 140 Å². The molecule has 0 N–H and O–H groups in total. The van der Waals surface area contributed by atoms with Crippen LogP contribution in [0.1, 0.15) is 12.7 Å². The van der Waals surface area contributed by atoms with Crippen molar-refractivity contribution in [3.8, 4) is 0 Å². The van der Waals surface area contributed by atoms with Crippen LogP contribution in [0.3, 0.4) is 0 Å². The van der Waals surface area contributed by atoms with Crippen molar-refractivity contribution in [2.75, 3.05) is 11.9 Å². The van der Waals surface area contributed by atoms with Gasteiger partial charge in [0.1, 0.15) is 12.4 Å². The highest BCUT2D eigenvalue weighted by Crippen LogP contribution is 2.13. The minimum atomic E-state index is -0.174. The number of anilines is 1. The van der Waals surface area contributed by atoms with Crippen LogP contribution in [-0.2, 0) is 17.8 Å². The molecule has 1 aromatic heterocycles. The molecule has 0 atom stereocenters. The van der Waals surface area contributed by atoms with Gasteiger partial charge in [-0.05, 0) is 24.3 Å². The van der Waals surface area contributed by atoms with Crippen LogP contribution in [-0.4, -0.2) is 22.5 Å². The number of carbonyl (C=O) groups excluding carboxylic acids is 1. The van der Waals surface area contributed by atoms with E-state index in [1.54, 1.807) is 24.1 Å². The molecule has 5 nitrogen and oxygen atoms in total. The second-order valence-corrected chi connectivity index (χ2v) is 5.58. The summed E-state index contributed by atoms with van der Waals surface area (Å²) in [6, 6.07) is 16.6. The summed E-state index contributed by atoms with van der Waals surface area (Å²) in [6.45, 7) is 1.91. The van der Waals surface area contributed by atoms with Crippen LogP contribution in [0.2, 0.25) is 0 Å². The Hall–Kier alpha value is -2.95. The Bertz CT molecular complexity index is 932. The van der Waals surface area contributed by atoms with E-state index in [9.17, 15) is 9.59 Å². The predicted octanol–water partition coefficient (Wildman–Crippen LogP) is 2.62. The zero-order valence-corrected chi connectivity index (χ0v) is 13.8. The molecule has 0 bridgehead atoms. The van der Waals surface area contributed by atoms with E-state index in [-0.39, 0.29) is 18.0 Å². The number of rotatable bonds is 4. The maximum atomic E-state index is 12.8. The molecule has 24 heavy (non-hydrogen) atoms. The first-order valence-corrected chi connectivity index (χ1v) is 7.92. The molecule has 0 aliphatic rings. The van der Waals surface area contributed by atoms with Gasteiger partial charge < -0.3 is 4.90 Å². The second kappa shape index (κ2) is 6.66. The highest BCUT2D eigenvalue weighted by Gasteiger charge is 2.16. The number of aromatic nitrogens is 2. The molecule has 5 heteroatoms. The minimum Gasteiger partial charge on any atom is -0.314 e. The number of benzene rings is 2. The summed E-state index contributed by atoms with van der Waals surface area (Å²) in [4.78, 5) is 31.5. The van der Waals surface area contributed by atoms with Crippen LogP contribution in [0.15, 0.2) is 59.4 Å². The third-order valence-electron chi connectivity index (χ3n) is 4.07. The molecule has 0 aliphatic heterocycles. The van der Waals surface area contributed by atoms with Crippen LogP contribution < -0.4 is 10.5 Å². The maximum absolute atomic E-state index is 12.8. The molecule has 1 heterocycles. The molecule has 3 rings (SSSR count). The number of carbonyl (C=O) groups is 1. The lowest BCUT2D eigenvalue weighted by Gasteiger charge is -2.19. The van der Waals surface area contributed by atoms with E-state index in [0.717, 1.165) is 5.69 Å². The summed E-state index contributed by atoms with van der Waals surface area (Å²) < 4.78 is 1.48. The third-order valence-corrected chi connectivity index (χ3v) is 4.07. The number of para-hydroxylation sites is 2. The van der Waals surface area contributed by atoms with Crippen molar-refractivity contribution in [3.63, 3.8) is 0 Å². The summed E-state index contributed by atoms with van der Waals surface area (Å²) >= 11 is 0. The Balaban J connectivity index is 1.99. The van der Waals surface area contributed by atoms with Gasteiger partial charge in [-0.1, -0.05) is 37.3 Å². The van der Waals surface area contributed by atoms with Crippen molar-refractivity contribution in [1.82, 2.24) is 9.55 Å². The molecule has 0 fully saturated rings. The van der Waals surface area contributed by atoms with Gasteiger partial charge in [-0.2, -0.15) is 0 Å². The number of fused-ring (bicyclic) bond motifs is 1. The summed E-state index contributed by atoms with van der Waals surface area (Å²) in [5, 5.41) is 0.532. The van der Waals surface area contributed by atoms with Crippen LogP contribution in [0.5, 0.6) is 0 Å². The van der Waals surface area contributed by atoms with Crippen molar-refractivity contribution in [2.45, 2.75) is 19.9 Å². The number of hydrogen-bond acceptors (Lipinski definition) is 3. The average Bonchev–Trinajstić information content (AvgIpc) is 2.63. The number of aryl methyl sites for hydroxylation is 1. The van der Waals surface area contributed by atoms with Crippen LogP contribution >= 0.6 is 0 Å². The van der Waals surface area contributed by atoms with Gasteiger partial charge in [0.15, 0.2) is 0 Å². The Morgan fingerprint density at radius 1 is 1.08 bits per heavy atom. The molecule has 0 unspecified atom stereocenters. The molecule has 122 valence electrons. The van der Waals surface area contributed by atoms with Crippen LogP contribution in [0.25, 0.3) is 10.9 Å². The van der Waals surface area contributed by atoms with Crippen molar-refractivity contribution in [3.05, 3.63) is 70.8 Å². The summed E-state index contributed by atoms with van der Waals surface area (Å²) in [5.74, 6) is 0.462. The number of hydrogen-bond donors (Lipinski definition) is 0. The SMILES string of the molecule is CCc1nc2ccccc2c(=O)n1CC(=O)N(C)c1ccccc1. The molecule has 0 saturated heterocycles. The fourth-order valence-electron chi connectivity index (χ4n) is 2.68. The summed E-state index contributed by atoms with van der Waals surface area (Å²) in [6.07, 6.45) is 0.586. The molecular weight excluding hydrogens is 302 g/mol. The molecule has 2 aromatic carbocycles. The van der Waals surface area contributed by atoms with Crippen LogP contribution in [0.4, 0.5) is 5.69 Å². The Morgan fingerprint density at radius 2 is 1.75 bits per heavy atom. The van der Waals surface area contributed by atoms with Gasteiger partial charge in [0, 0.05) is 19.2 Å². The topological polar surface area (TPSA) is 55.2 Å². The number of likely N-dealkylation sites (N-methyl/N-ethyl adjacent to an activating group) is 1. The molecule has 1 amide bonds. The fourth-order valence-corrected chi connectivity index (χ4v) is 2.68. The molecule has 0 spiro atoms. The van der Waals surface area contributed by atoms with Gasteiger partial charge in [0.25, 0.3) is 5.56 Å². The van der Waals surface area contributed by atoms with E-state index < -0.39 is 0 Å².